The number of ether oxygens (including phenoxy) is 2. The number of likely N-dealkylation sites (N-methyl/N-ethyl adjacent to an activating group) is 1. The molecular weight excluding hydrogens is 446 g/mol. The average molecular weight is 480 g/mol. The fourth-order valence-corrected chi connectivity index (χ4v) is 5.58. The molecule has 1 fully saturated rings. The maximum absolute atomic E-state index is 13.1. The number of hydrogen-bond acceptors (Lipinski definition) is 6. The lowest BCUT2D eigenvalue weighted by Gasteiger charge is -2.39. The van der Waals surface area contributed by atoms with Crippen LogP contribution >= 0.6 is 11.3 Å². The van der Waals surface area contributed by atoms with Crippen LogP contribution in [-0.2, 0) is 0 Å². The van der Waals surface area contributed by atoms with Gasteiger partial charge in [0.1, 0.15) is 16.5 Å². The number of methoxy groups -OCH3 is 2. The van der Waals surface area contributed by atoms with Crippen LogP contribution in [0.1, 0.15) is 38.0 Å². The van der Waals surface area contributed by atoms with E-state index in [4.69, 9.17) is 9.47 Å². The van der Waals surface area contributed by atoms with Crippen molar-refractivity contribution in [3.05, 3.63) is 75.7 Å². The quantitative estimate of drug-likeness (QED) is 0.519. The molecule has 1 amide bonds. The third kappa shape index (κ3) is 4.97. The summed E-state index contributed by atoms with van der Waals surface area (Å²) in [5.74, 6) is 1.45. The molecule has 1 saturated heterocycles. The Morgan fingerprint density at radius 3 is 2.35 bits per heavy atom. The summed E-state index contributed by atoms with van der Waals surface area (Å²) < 4.78 is 11.3. The number of benzene rings is 2. The molecule has 1 aromatic heterocycles. The van der Waals surface area contributed by atoms with Gasteiger partial charge in [-0.25, -0.2) is 0 Å². The molecule has 2 heterocycles. The highest BCUT2D eigenvalue weighted by Gasteiger charge is 2.33. The van der Waals surface area contributed by atoms with Gasteiger partial charge < -0.3 is 19.7 Å². The van der Waals surface area contributed by atoms with Gasteiger partial charge in [0.2, 0.25) is 0 Å². The zero-order chi connectivity index (χ0) is 24.2. The second kappa shape index (κ2) is 10.6. The van der Waals surface area contributed by atoms with Crippen LogP contribution in [-0.4, -0.2) is 63.2 Å². The zero-order valence-corrected chi connectivity index (χ0v) is 21.4. The number of amides is 1. The van der Waals surface area contributed by atoms with Gasteiger partial charge in [-0.15, -0.1) is 11.3 Å². The predicted octanol–water partition coefficient (Wildman–Crippen LogP) is 4.97. The van der Waals surface area contributed by atoms with E-state index < -0.39 is 0 Å². The number of aryl methyl sites for hydroxylation is 1. The van der Waals surface area contributed by atoms with Crippen molar-refractivity contribution < 1.29 is 14.3 Å². The highest BCUT2D eigenvalue weighted by molar-refractivity contribution is 7.16. The predicted molar refractivity (Wildman–Crippen MR) is 139 cm³/mol. The number of hydrogen-bond donors (Lipinski definition) is 1. The Hall–Kier alpha value is -2.87. The number of nitrogens with zero attached hydrogens (tertiary/aromatic N) is 2. The third-order valence-electron chi connectivity index (χ3n) is 6.61. The van der Waals surface area contributed by atoms with Gasteiger partial charge in [-0.2, -0.15) is 0 Å². The minimum atomic E-state index is -0.0954. The van der Waals surface area contributed by atoms with Crippen LogP contribution in [0.15, 0.2) is 48.5 Å². The summed E-state index contributed by atoms with van der Waals surface area (Å²) >= 11 is 1.64. The monoisotopic (exact) mass is 479 g/mol. The van der Waals surface area contributed by atoms with E-state index in [0.29, 0.717) is 5.56 Å². The number of carbonyl (C=O) groups excluding carboxylic acids is 1. The fraction of sp³-hybridized carbons (Fsp3) is 0.370. The van der Waals surface area contributed by atoms with E-state index >= 15 is 0 Å². The maximum atomic E-state index is 13.1. The number of carbonyl (C=O) groups is 1. The first-order chi connectivity index (χ1) is 16.4. The molecule has 180 valence electrons. The van der Waals surface area contributed by atoms with E-state index in [0.717, 1.165) is 53.8 Å². The molecule has 0 unspecified atom stereocenters. The topological polar surface area (TPSA) is 54.0 Å². The largest absolute Gasteiger partial charge is 0.497 e. The fourth-order valence-electron chi connectivity index (χ4n) is 4.49. The Morgan fingerprint density at radius 1 is 1.00 bits per heavy atom. The van der Waals surface area contributed by atoms with Crippen LogP contribution in [0.2, 0.25) is 0 Å². The molecule has 0 bridgehead atoms. The molecule has 3 aromatic rings. The van der Waals surface area contributed by atoms with Crippen LogP contribution in [0.4, 0.5) is 5.00 Å². The second-order valence-corrected chi connectivity index (χ2v) is 9.92. The Morgan fingerprint density at radius 2 is 1.71 bits per heavy atom. The highest BCUT2D eigenvalue weighted by Crippen LogP contribution is 2.45. The Balaban J connectivity index is 1.81. The minimum absolute atomic E-state index is 0.0504. The van der Waals surface area contributed by atoms with E-state index in [-0.39, 0.29) is 11.9 Å². The van der Waals surface area contributed by atoms with Crippen molar-refractivity contribution in [2.24, 2.45) is 0 Å². The Labute approximate surface area is 206 Å². The summed E-state index contributed by atoms with van der Waals surface area (Å²) in [6.45, 7) is 8.10. The summed E-state index contributed by atoms with van der Waals surface area (Å²) in [4.78, 5) is 19.2. The Kier molecular flexibility index (Phi) is 7.56. The van der Waals surface area contributed by atoms with E-state index in [2.05, 4.69) is 42.1 Å². The smallest absolute Gasteiger partial charge is 0.256 e. The minimum Gasteiger partial charge on any atom is -0.497 e. The number of piperazine rings is 1. The lowest BCUT2D eigenvalue weighted by Crippen LogP contribution is -2.46. The van der Waals surface area contributed by atoms with Crippen LogP contribution in [0.3, 0.4) is 0 Å². The summed E-state index contributed by atoms with van der Waals surface area (Å²) in [5, 5.41) is 4.12. The highest BCUT2D eigenvalue weighted by atomic mass is 32.1. The molecule has 7 heteroatoms. The van der Waals surface area contributed by atoms with Crippen molar-refractivity contribution in [2.75, 3.05) is 52.8 Å². The van der Waals surface area contributed by atoms with Crippen molar-refractivity contribution in [1.29, 1.82) is 0 Å². The van der Waals surface area contributed by atoms with Crippen molar-refractivity contribution in [3.8, 4) is 11.5 Å². The molecule has 0 saturated carbocycles. The van der Waals surface area contributed by atoms with Gasteiger partial charge in [0.25, 0.3) is 5.91 Å². The first kappa shape index (κ1) is 24.3. The normalized spacial score (nSPS) is 15.7. The summed E-state index contributed by atoms with van der Waals surface area (Å²) in [7, 11) is 5.52. The van der Waals surface area contributed by atoms with Crippen LogP contribution in [0.25, 0.3) is 0 Å². The zero-order valence-electron chi connectivity index (χ0n) is 20.6. The number of rotatable bonds is 7. The third-order valence-corrected chi connectivity index (χ3v) is 7.75. The maximum Gasteiger partial charge on any atom is 0.256 e. The molecule has 1 aliphatic rings. The molecule has 1 aliphatic heterocycles. The molecule has 1 atom stereocenters. The van der Waals surface area contributed by atoms with Gasteiger partial charge in [-0.3, -0.25) is 9.69 Å². The second-order valence-electron chi connectivity index (χ2n) is 8.70. The van der Waals surface area contributed by atoms with Crippen LogP contribution in [0.5, 0.6) is 11.5 Å². The van der Waals surface area contributed by atoms with Crippen molar-refractivity contribution in [2.45, 2.75) is 19.9 Å². The molecule has 34 heavy (non-hydrogen) atoms. The molecule has 0 spiro atoms. The molecular formula is C27H33N3O3S. The lowest BCUT2D eigenvalue weighted by molar-refractivity contribution is 0.102. The van der Waals surface area contributed by atoms with Crippen molar-refractivity contribution in [3.63, 3.8) is 0 Å². The van der Waals surface area contributed by atoms with Gasteiger partial charge in [-0.05, 0) is 50.7 Å². The summed E-state index contributed by atoms with van der Waals surface area (Å²) in [6.07, 6.45) is 0. The number of anilines is 1. The lowest BCUT2D eigenvalue weighted by atomic mass is 9.93. The first-order valence-electron chi connectivity index (χ1n) is 11.5. The van der Waals surface area contributed by atoms with E-state index in [1.54, 1.807) is 25.6 Å². The number of thiophene rings is 1. The van der Waals surface area contributed by atoms with Gasteiger partial charge in [0.05, 0.1) is 20.3 Å². The first-order valence-corrected chi connectivity index (χ1v) is 12.4. The van der Waals surface area contributed by atoms with Crippen molar-refractivity contribution >= 4 is 22.2 Å². The van der Waals surface area contributed by atoms with Gasteiger partial charge in [0.15, 0.2) is 0 Å². The summed E-state index contributed by atoms with van der Waals surface area (Å²) in [6, 6.07) is 15.3. The number of nitrogens with one attached hydrogen (secondary N) is 1. The average Bonchev–Trinajstić information content (AvgIpc) is 3.13. The van der Waals surface area contributed by atoms with E-state index in [9.17, 15) is 4.79 Å². The molecule has 6 nitrogen and oxygen atoms in total. The van der Waals surface area contributed by atoms with Gasteiger partial charge in [-0.1, -0.05) is 18.2 Å². The van der Waals surface area contributed by atoms with E-state index in [1.165, 1.54) is 10.4 Å². The molecule has 2 aromatic carbocycles. The summed E-state index contributed by atoms with van der Waals surface area (Å²) in [5.41, 5.74) is 4.06. The van der Waals surface area contributed by atoms with Gasteiger partial charge in [0, 0.05) is 53.8 Å². The van der Waals surface area contributed by atoms with Crippen LogP contribution < -0.4 is 14.8 Å². The molecule has 4 rings (SSSR count). The van der Waals surface area contributed by atoms with Crippen molar-refractivity contribution in [1.82, 2.24) is 9.80 Å². The van der Waals surface area contributed by atoms with Gasteiger partial charge >= 0.3 is 0 Å². The standard InChI is InChI=1S/C27H33N3O3S/c1-18-19(2)34-27(28-26(31)20-9-7-6-8-10-20)24(18)25(30-15-13-29(3)14-16-30)22-12-11-21(32-4)17-23(22)33-5/h6-12,17,25H,13-16H2,1-5H3,(H,28,31)/t25-/m0/s1. The molecule has 1 N–H and O–H groups in total. The molecule has 0 radical (unpaired) electrons. The molecule has 0 aliphatic carbocycles. The Bertz CT molecular complexity index is 1140. The van der Waals surface area contributed by atoms with E-state index in [1.807, 2.05) is 42.5 Å². The van der Waals surface area contributed by atoms with Crippen LogP contribution in [0, 0.1) is 13.8 Å². The SMILES string of the molecule is COc1ccc([C@@H](c2c(NC(=O)c3ccccc3)sc(C)c2C)N2CCN(C)CC2)c(OC)c1.